The van der Waals surface area contributed by atoms with Gasteiger partial charge in [0.25, 0.3) is 0 Å². The molecule has 0 fully saturated rings. The van der Waals surface area contributed by atoms with E-state index in [2.05, 4.69) is 24.1 Å². The zero-order valence-corrected chi connectivity index (χ0v) is 10.6. The molecule has 16 heavy (non-hydrogen) atoms. The van der Waals surface area contributed by atoms with Crippen LogP contribution in [-0.4, -0.2) is 18.6 Å². The Morgan fingerprint density at radius 3 is 3.00 bits per heavy atom. The maximum atomic E-state index is 5.38. The van der Waals surface area contributed by atoms with Gasteiger partial charge in [0.05, 0.1) is 11.3 Å². The summed E-state index contributed by atoms with van der Waals surface area (Å²) in [5, 5.41) is 4.34. The van der Waals surface area contributed by atoms with Crippen molar-refractivity contribution in [1.29, 1.82) is 0 Å². The Kier molecular flexibility index (Phi) is 3.41. The molecule has 2 aromatic rings. The molecular weight excluding hydrogens is 220 g/mol. The van der Waals surface area contributed by atoms with Crippen LogP contribution < -0.4 is 5.32 Å². The average molecular weight is 236 g/mol. The van der Waals surface area contributed by atoms with Gasteiger partial charge in [0.1, 0.15) is 5.69 Å². The van der Waals surface area contributed by atoms with E-state index in [-0.39, 0.29) is 0 Å². The second kappa shape index (κ2) is 4.80. The largest absolute Gasteiger partial charge is 0.463 e. The van der Waals surface area contributed by atoms with Gasteiger partial charge in [-0.05, 0) is 26.1 Å². The number of rotatable bonds is 4. The SMILES string of the molecule is CNCC(C)c1nc(-c2ccco2)c(C)s1. The number of aromatic nitrogens is 1. The fraction of sp³-hybridized carbons (Fsp3) is 0.417. The first kappa shape index (κ1) is 11.4. The molecule has 0 saturated carbocycles. The van der Waals surface area contributed by atoms with E-state index in [4.69, 9.17) is 4.42 Å². The normalized spacial score (nSPS) is 12.9. The predicted octanol–water partition coefficient (Wildman–Crippen LogP) is 3.03. The number of nitrogens with zero attached hydrogens (tertiary/aromatic N) is 1. The Bertz CT molecular complexity index is 448. The molecule has 0 radical (unpaired) electrons. The minimum Gasteiger partial charge on any atom is -0.463 e. The third kappa shape index (κ3) is 2.18. The molecule has 3 nitrogen and oxygen atoms in total. The molecule has 1 unspecified atom stereocenters. The first-order chi connectivity index (χ1) is 7.72. The Morgan fingerprint density at radius 1 is 1.56 bits per heavy atom. The molecule has 0 aliphatic carbocycles. The van der Waals surface area contributed by atoms with Gasteiger partial charge in [0.2, 0.25) is 0 Å². The lowest BCUT2D eigenvalue weighted by Gasteiger charge is -2.05. The van der Waals surface area contributed by atoms with Crippen LogP contribution in [0.5, 0.6) is 0 Å². The molecule has 2 heterocycles. The standard InChI is InChI=1S/C12H16N2OS/c1-8(7-13-3)12-14-11(9(2)16-12)10-5-4-6-15-10/h4-6,8,13H,7H2,1-3H3. The van der Waals surface area contributed by atoms with Crippen LogP contribution in [0.15, 0.2) is 22.8 Å². The summed E-state index contributed by atoms with van der Waals surface area (Å²) >= 11 is 1.75. The minimum atomic E-state index is 0.442. The lowest BCUT2D eigenvalue weighted by molar-refractivity contribution is 0.579. The van der Waals surface area contributed by atoms with Crippen molar-refractivity contribution in [1.82, 2.24) is 10.3 Å². The van der Waals surface area contributed by atoms with E-state index < -0.39 is 0 Å². The van der Waals surface area contributed by atoms with Crippen molar-refractivity contribution >= 4 is 11.3 Å². The van der Waals surface area contributed by atoms with E-state index in [0.29, 0.717) is 5.92 Å². The van der Waals surface area contributed by atoms with Crippen molar-refractivity contribution in [3.05, 3.63) is 28.3 Å². The maximum absolute atomic E-state index is 5.38. The van der Waals surface area contributed by atoms with Gasteiger partial charge >= 0.3 is 0 Å². The zero-order chi connectivity index (χ0) is 11.5. The van der Waals surface area contributed by atoms with Crippen molar-refractivity contribution in [3.8, 4) is 11.5 Å². The summed E-state index contributed by atoms with van der Waals surface area (Å²) in [5.41, 5.74) is 0.980. The first-order valence-corrected chi connectivity index (χ1v) is 6.19. The molecule has 2 aromatic heterocycles. The monoisotopic (exact) mass is 236 g/mol. The van der Waals surface area contributed by atoms with Crippen molar-refractivity contribution in [2.24, 2.45) is 0 Å². The summed E-state index contributed by atoms with van der Waals surface area (Å²) in [6.45, 7) is 5.22. The van der Waals surface area contributed by atoms with Gasteiger partial charge in [-0.25, -0.2) is 4.98 Å². The molecule has 0 aromatic carbocycles. The van der Waals surface area contributed by atoms with Crippen LogP contribution in [0, 0.1) is 6.92 Å². The fourth-order valence-electron chi connectivity index (χ4n) is 1.66. The van der Waals surface area contributed by atoms with Gasteiger partial charge in [0, 0.05) is 17.3 Å². The topological polar surface area (TPSA) is 38.1 Å². The van der Waals surface area contributed by atoms with E-state index in [9.17, 15) is 0 Å². The van der Waals surface area contributed by atoms with Crippen molar-refractivity contribution < 1.29 is 4.42 Å². The average Bonchev–Trinajstić information content (AvgIpc) is 2.86. The van der Waals surface area contributed by atoms with Crippen molar-refractivity contribution in [2.45, 2.75) is 19.8 Å². The molecule has 2 rings (SSSR count). The highest BCUT2D eigenvalue weighted by Gasteiger charge is 2.15. The van der Waals surface area contributed by atoms with Crippen LogP contribution in [0.3, 0.4) is 0 Å². The zero-order valence-electron chi connectivity index (χ0n) is 9.78. The summed E-state index contributed by atoms with van der Waals surface area (Å²) in [5.74, 6) is 1.30. The van der Waals surface area contributed by atoms with Gasteiger partial charge in [-0.2, -0.15) is 0 Å². The van der Waals surface area contributed by atoms with Gasteiger partial charge in [0.15, 0.2) is 5.76 Å². The molecule has 0 saturated heterocycles. The second-order valence-electron chi connectivity index (χ2n) is 3.89. The van der Waals surface area contributed by atoms with Crippen LogP contribution in [-0.2, 0) is 0 Å². The molecule has 1 N–H and O–H groups in total. The summed E-state index contributed by atoms with van der Waals surface area (Å²) in [4.78, 5) is 5.87. The van der Waals surface area contributed by atoms with Gasteiger partial charge < -0.3 is 9.73 Å². The third-order valence-corrected chi connectivity index (χ3v) is 3.70. The van der Waals surface area contributed by atoms with Gasteiger partial charge in [-0.15, -0.1) is 11.3 Å². The van der Waals surface area contributed by atoms with Crippen LogP contribution >= 0.6 is 11.3 Å². The third-order valence-electron chi connectivity index (χ3n) is 2.50. The number of aryl methyl sites for hydroxylation is 1. The Morgan fingerprint density at radius 2 is 2.38 bits per heavy atom. The highest BCUT2D eigenvalue weighted by Crippen LogP contribution is 2.31. The first-order valence-electron chi connectivity index (χ1n) is 5.38. The Hall–Kier alpha value is -1.13. The predicted molar refractivity (Wildman–Crippen MR) is 66.9 cm³/mol. The van der Waals surface area contributed by atoms with Crippen molar-refractivity contribution in [2.75, 3.05) is 13.6 Å². The molecule has 86 valence electrons. The molecule has 0 amide bonds. The molecule has 0 bridgehead atoms. The second-order valence-corrected chi connectivity index (χ2v) is 5.13. The summed E-state index contributed by atoms with van der Waals surface area (Å²) in [7, 11) is 1.96. The molecule has 1 atom stereocenters. The smallest absolute Gasteiger partial charge is 0.153 e. The summed E-state index contributed by atoms with van der Waals surface area (Å²) in [6.07, 6.45) is 1.69. The molecule has 0 spiro atoms. The van der Waals surface area contributed by atoms with Gasteiger partial charge in [-0.1, -0.05) is 6.92 Å². The quantitative estimate of drug-likeness (QED) is 0.886. The molecular formula is C12H16N2OS. The van der Waals surface area contributed by atoms with E-state index in [0.717, 1.165) is 18.0 Å². The Balaban J connectivity index is 2.29. The van der Waals surface area contributed by atoms with E-state index in [1.807, 2.05) is 19.2 Å². The van der Waals surface area contributed by atoms with Crippen LogP contribution in [0.4, 0.5) is 0 Å². The van der Waals surface area contributed by atoms with Crippen LogP contribution in [0.1, 0.15) is 22.7 Å². The fourth-order valence-corrected chi connectivity index (χ4v) is 2.64. The summed E-state index contributed by atoms with van der Waals surface area (Å²) < 4.78 is 5.38. The number of thiazole rings is 1. The van der Waals surface area contributed by atoms with Crippen LogP contribution in [0.2, 0.25) is 0 Å². The van der Waals surface area contributed by atoms with E-state index in [1.165, 1.54) is 9.88 Å². The summed E-state index contributed by atoms with van der Waals surface area (Å²) in [6, 6.07) is 3.85. The van der Waals surface area contributed by atoms with E-state index >= 15 is 0 Å². The van der Waals surface area contributed by atoms with Crippen LogP contribution in [0.25, 0.3) is 11.5 Å². The minimum absolute atomic E-state index is 0.442. The number of likely N-dealkylation sites (N-methyl/N-ethyl adjacent to an activating group) is 1. The molecule has 0 aliphatic rings. The maximum Gasteiger partial charge on any atom is 0.153 e. The molecule has 0 aliphatic heterocycles. The number of nitrogens with one attached hydrogen (secondary N) is 1. The molecule has 4 heteroatoms. The van der Waals surface area contributed by atoms with E-state index in [1.54, 1.807) is 17.6 Å². The van der Waals surface area contributed by atoms with Gasteiger partial charge in [-0.3, -0.25) is 0 Å². The number of hydrogen-bond acceptors (Lipinski definition) is 4. The lowest BCUT2D eigenvalue weighted by Crippen LogP contribution is -2.14. The van der Waals surface area contributed by atoms with Crippen molar-refractivity contribution in [3.63, 3.8) is 0 Å². The number of furan rings is 1. The Labute approximate surface area is 99.5 Å². The lowest BCUT2D eigenvalue weighted by atomic mass is 10.2. The highest BCUT2D eigenvalue weighted by molar-refractivity contribution is 7.12. The number of hydrogen-bond donors (Lipinski definition) is 1. The highest BCUT2D eigenvalue weighted by atomic mass is 32.1.